The van der Waals surface area contributed by atoms with E-state index in [1.807, 2.05) is 0 Å². The summed E-state index contributed by atoms with van der Waals surface area (Å²) in [6, 6.07) is 4.45. The highest BCUT2D eigenvalue weighted by Gasteiger charge is 2.21. The quantitative estimate of drug-likeness (QED) is 0.611. The summed E-state index contributed by atoms with van der Waals surface area (Å²) in [6.07, 6.45) is 1.01. The SMILES string of the molecule is Cc1cc(C)c(C(Cl)CC(C)(C)C)c(C)c1. The molecule has 1 atom stereocenters. The predicted molar refractivity (Wildman–Crippen MR) is 73.3 cm³/mol. The highest BCUT2D eigenvalue weighted by Crippen LogP contribution is 2.37. The van der Waals surface area contributed by atoms with Gasteiger partial charge in [0, 0.05) is 0 Å². The van der Waals surface area contributed by atoms with Crippen molar-refractivity contribution in [1.82, 2.24) is 0 Å². The summed E-state index contributed by atoms with van der Waals surface area (Å²) in [5, 5.41) is 0.126. The molecule has 0 aliphatic carbocycles. The summed E-state index contributed by atoms with van der Waals surface area (Å²) < 4.78 is 0. The smallest absolute Gasteiger partial charge is 0.0595 e. The van der Waals surface area contributed by atoms with Crippen LogP contribution < -0.4 is 0 Å². The van der Waals surface area contributed by atoms with Crippen LogP contribution in [0.25, 0.3) is 0 Å². The van der Waals surface area contributed by atoms with E-state index in [0.717, 1.165) is 6.42 Å². The molecule has 1 aromatic carbocycles. The summed E-state index contributed by atoms with van der Waals surface area (Å²) in [6.45, 7) is 13.2. The lowest BCUT2D eigenvalue weighted by Crippen LogP contribution is -2.10. The van der Waals surface area contributed by atoms with Gasteiger partial charge in [-0.2, -0.15) is 0 Å². The average Bonchev–Trinajstić information content (AvgIpc) is 1.96. The van der Waals surface area contributed by atoms with E-state index in [4.69, 9.17) is 11.6 Å². The van der Waals surface area contributed by atoms with E-state index < -0.39 is 0 Å². The van der Waals surface area contributed by atoms with Crippen molar-refractivity contribution < 1.29 is 0 Å². The van der Waals surface area contributed by atoms with Crippen LogP contribution >= 0.6 is 11.6 Å². The molecule has 16 heavy (non-hydrogen) atoms. The van der Waals surface area contributed by atoms with E-state index in [1.54, 1.807) is 0 Å². The zero-order valence-corrected chi connectivity index (χ0v) is 12.1. The second-order valence-corrected chi connectivity index (χ2v) is 6.57. The normalized spacial score (nSPS) is 13.9. The van der Waals surface area contributed by atoms with Crippen molar-refractivity contribution in [3.8, 4) is 0 Å². The van der Waals surface area contributed by atoms with Gasteiger partial charge in [0.05, 0.1) is 5.38 Å². The lowest BCUT2D eigenvalue weighted by atomic mass is 9.85. The van der Waals surface area contributed by atoms with Crippen LogP contribution in [0.2, 0.25) is 0 Å². The first-order chi connectivity index (χ1) is 7.20. The number of alkyl halides is 1. The van der Waals surface area contributed by atoms with Gasteiger partial charge >= 0.3 is 0 Å². The summed E-state index contributed by atoms with van der Waals surface area (Å²) in [5.74, 6) is 0. The Bertz CT molecular complexity index is 349. The van der Waals surface area contributed by atoms with Crippen molar-refractivity contribution in [3.63, 3.8) is 0 Å². The molecule has 1 unspecified atom stereocenters. The number of hydrogen-bond donors (Lipinski definition) is 0. The van der Waals surface area contributed by atoms with Crippen molar-refractivity contribution >= 4 is 11.6 Å². The molecule has 0 heterocycles. The van der Waals surface area contributed by atoms with Crippen LogP contribution in [0.5, 0.6) is 0 Å². The molecule has 0 radical (unpaired) electrons. The molecule has 0 amide bonds. The van der Waals surface area contributed by atoms with Crippen LogP contribution in [-0.4, -0.2) is 0 Å². The zero-order chi connectivity index (χ0) is 12.5. The largest absolute Gasteiger partial charge is 0.118 e. The first-order valence-corrected chi connectivity index (χ1v) is 6.36. The molecule has 0 spiro atoms. The third-order valence-electron chi connectivity index (χ3n) is 2.84. The highest BCUT2D eigenvalue weighted by molar-refractivity contribution is 6.21. The van der Waals surface area contributed by atoms with Crippen molar-refractivity contribution in [2.24, 2.45) is 5.41 Å². The summed E-state index contributed by atoms with van der Waals surface area (Å²) in [4.78, 5) is 0. The van der Waals surface area contributed by atoms with Gasteiger partial charge in [-0.05, 0) is 49.3 Å². The van der Waals surface area contributed by atoms with Gasteiger partial charge < -0.3 is 0 Å². The van der Waals surface area contributed by atoms with Crippen molar-refractivity contribution in [2.45, 2.75) is 53.3 Å². The number of benzene rings is 1. The fourth-order valence-corrected chi connectivity index (χ4v) is 3.13. The Morgan fingerprint density at radius 2 is 1.50 bits per heavy atom. The standard InChI is InChI=1S/C15H23Cl/c1-10-7-11(2)14(12(3)8-10)13(16)9-15(4,5)6/h7-8,13H,9H2,1-6H3. The molecule has 0 fully saturated rings. The van der Waals surface area contributed by atoms with Crippen LogP contribution in [0.4, 0.5) is 0 Å². The van der Waals surface area contributed by atoms with Crippen LogP contribution in [0.1, 0.15) is 54.8 Å². The maximum atomic E-state index is 6.55. The molecule has 90 valence electrons. The lowest BCUT2D eigenvalue weighted by Gasteiger charge is -2.24. The van der Waals surface area contributed by atoms with Gasteiger partial charge in [-0.3, -0.25) is 0 Å². The van der Waals surface area contributed by atoms with Gasteiger partial charge in [0.25, 0.3) is 0 Å². The second-order valence-electron chi connectivity index (χ2n) is 6.04. The number of aryl methyl sites for hydroxylation is 3. The van der Waals surface area contributed by atoms with Gasteiger partial charge in [0.1, 0.15) is 0 Å². The van der Waals surface area contributed by atoms with Gasteiger partial charge in [-0.1, -0.05) is 38.5 Å². The number of rotatable bonds is 2. The Kier molecular flexibility index (Phi) is 4.07. The third-order valence-corrected chi connectivity index (χ3v) is 3.22. The third kappa shape index (κ3) is 3.52. The molecule has 0 N–H and O–H groups in total. The molecule has 0 saturated heterocycles. The molecule has 0 aromatic heterocycles. The molecule has 1 aromatic rings. The molecule has 0 saturated carbocycles. The molecule has 0 bridgehead atoms. The fraction of sp³-hybridized carbons (Fsp3) is 0.600. The van der Waals surface area contributed by atoms with Crippen LogP contribution in [0, 0.1) is 26.2 Å². The molecule has 0 aliphatic heterocycles. The van der Waals surface area contributed by atoms with Crippen LogP contribution in [0.15, 0.2) is 12.1 Å². The summed E-state index contributed by atoms with van der Waals surface area (Å²) >= 11 is 6.55. The lowest BCUT2D eigenvalue weighted by molar-refractivity contribution is 0.372. The van der Waals surface area contributed by atoms with Gasteiger partial charge in [-0.15, -0.1) is 11.6 Å². The highest BCUT2D eigenvalue weighted by atomic mass is 35.5. The molecule has 0 aliphatic rings. The van der Waals surface area contributed by atoms with Crippen molar-refractivity contribution in [1.29, 1.82) is 0 Å². The fourth-order valence-electron chi connectivity index (χ4n) is 2.32. The van der Waals surface area contributed by atoms with Crippen molar-refractivity contribution in [2.75, 3.05) is 0 Å². The maximum Gasteiger partial charge on any atom is 0.0595 e. The van der Waals surface area contributed by atoms with E-state index >= 15 is 0 Å². The molecule has 1 heteroatoms. The van der Waals surface area contributed by atoms with E-state index in [9.17, 15) is 0 Å². The summed E-state index contributed by atoms with van der Waals surface area (Å²) in [7, 11) is 0. The monoisotopic (exact) mass is 238 g/mol. The average molecular weight is 239 g/mol. The van der Waals surface area contributed by atoms with E-state index in [0.29, 0.717) is 0 Å². The molecular weight excluding hydrogens is 216 g/mol. The Labute approximate surface area is 105 Å². The van der Waals surface area contributed by atoms with Crippen LogP contribution in [0.3, 0.4) is 0 Å². The Balaban J connectivity index is 3.04. The Morgan fingerprint density at radius 1 is 1.06 bits per heavy atom. The van der Waals surface area contributed by atoms with E-state index in [-0.39, 0.29) is 10.8 Å². The number of halogens is 1. The summed E-state index contributed by atoms with van der Waals surface area (Å²) in [5.41, 5.74) is 5.56. The first-order valence-electron chi connectivity index (χ1n) is 5.92. The second kappa shape index (κ2) is 4.79. The molecule has 0 nitrogen and oxygen atoms in total. The molecular formula is C15H23Cl. The van der Waals surface area contributed by atoms with Gasteiger partial charge in [-0.25, -0.2) is 0 Å². The minimum Gasteiger partial charge on any atom is -0.118 e. The minimum absolute atomic E-state index is 0.126. The van der Waals surface area contributed by atoms with E-state index in [2.05, 4.69) is 53.7 Å². The molecule has 1 rings (SSSR count). The maximum absolute atomic E-state index is 6.55. The van der Waals surface area contributed by atoms with Gasteiger partial charge in [0.2, 0.25) is 0 Å². The minimum atomic E-state index is 0.126. The topological polar surface area (TPSA) is 0 Å². The number of hydrogen-bond acceptors (Lipinski definition) is 0. The zero-order valence-electron chi connectivity index (χ0n) is 11.3. The van der Waals surface area contributed by atoms with Gasteiger partial charge in [0.15, 0.2) is 0 Å². The van der Waals surface area contributed by atoms with Crippen molar-refractivity contribution in [3.05, 3.63) is 34.4 Å². The Hall–Kier alpha value is -0.490. The van der Waals surface area contributed by atoms with E-state index in [1.165, 1.54) is 22.3 Å². The van der Waals surface area contributed by atoms with Crippen LogP contribution in [-0.2, 0) is 0 Å². The Morgan fingerprint density at radius 3 is 1.88 bits per heavy atom. The first kappa shape index (κ1) is 13.6. The predicted octanol–water partition coefficient (Wildman–Crippen LogP) is 5.33.